The number of nitro groups is 1. The Balaban J connectivity index is 2.01. The van der Waals surface area contributed by atoms with Crippen molar-refractivity contribution in [1.82, 2.24) is 15.6 Å². The van der Waals surface area contributed by atoms with E-state index in [2.05, 4.69) is 10.6 Å². The van der Waals surface area contributed by atoms with Crippen LogP contribution in [0.5, 0.6) is 0 Å². The van der Waals surface area contributed by atoms with Crippen molar-refractivity contribution in [3.05, 3.63) is 81.9 Å². The summed E-state index contributed by atoms with van der Waals surface area (Å²) in [4.78, 5) is 36.5. The van der Waals surface area contributed by atoms with Crippen molar-refractivity contribution in [1.29, 1.82) is 5.41 Å². The minimum Gasteiger partial charge on any atom is -0.365 e. The first kappa shape index (κ1) is 25.3. The maximum atomic E-state index is 12.8. The van der Waals surface area contributed by atoms with Crippen LogP contribution in [-0.2, 0) is 22.6 Å². The third-order valence-corrected chi connectivity index (χ3v) is 4.92. The quantitative estimate of drug-likeness (QED) is 0.134. The highest BCUT2D eigenvalue weighted by atomic mass is 16.7. The van der Waals surface area contributed by atoms with Crippen molar-refractivity contribution in [2.45, 2.75) is 37.9 Å². The van der Waals surface area contributed by atoms with Crippen molar-refractivity contribution in [3.63, 3.8) is 0 Å². The molecular formula is C22H29N7O4. The average Bonchev–Trinajstić information content (AvgIpc) is 2.80. The summed E-state index contributed by atoms with van der Waals surface area (Å²) >= 11 is 0. The van der Waals surface area contributed by atoms with Gasteiger partial charge >= 0.3 is 0 Å². The number of rotatable bonds is 12. The molecule has 2 aromatic rings. The Morgan fingerprint density at radius 3 is 2.15 bits per heavy atom. The lowest BCUT2D eigenvalue weighted by Gasteiger charge is -2.21. The molecule has 2 rings (SSSR count). The number of hydrogen-bond donors (Lipinski definition) is 5. The molecule has 0 aliphatic rings. The smallest absolute Gasteiger partial charge is 0.251 e. The molecule has 0 aliphatic carbocycles. The van der Waals surface area contributed by atoms with Gasteiger partial charge in [-0.15, -0.1) is 0 Å². The van der Waals surface area contributed by atoms with Gasteiger partial charge in [-0.1, -0.05) is 65.7 Å². The van der Waals surface area contributed by atoms with Crippen LogP contribution in [-0.4, -0.2) is 46.4 Å². The molecular weight excluding hydrogens is 426 g/mol. The van der Waals surface area contributed by atoms with Crippen molar-refractivity contribution < 1.29 is 14.6 Å². The summed E-state index contributed by atoms with van der Waals surface area (Å²) in [5.74, 6) is -1.65. The van der Waals surface area contributed by atoms with Crippen molar-refractivity contribution in [2.24, 2.45) is 11.5 Å². The molecule has 0 fully saturated rings. The number of nitrogens with zero attached hydrogens (tertiary/aromatic N) is 2. The fourth-order valence-corrected chi connectivity index (χ4v) is 3.15. The summed E-state index contributed by atoms with van der Waals surface area (Å²) in [6, 6.07) is 16.7. The molecule has 7 N–H and O–H groups in total. The number of hydrazine groups is 1. The van der Waals surface area contributed by atoms with Gasteiger partial charge in [0.2, 0.25) is 11.8 Å². The lowest BCUT2D eigenvalue weighted by atomic mass is 10.0. The van der Waals surface area contributed by atoms with Gasteiger partial charge in [0, 0.05) is 6.54 Å². The highest BCUT2D eigenvalue weighted by Gasteiger charge is 2.25. The van der Waals surface area contributed by atoms with Gasteiger partial charge in [0.15, 0.2) is 5.03 Å². The Morgan fingerprint density at radius 2 is 1.61 bits per heavy atom. The van der Waals surface area contributed by atoms with Crippen molar-refractivity contribution in [3.8, 4) is 0 Å². The SMILES string of the molecule is N=C(N)N(CCCC(NC(=O)[C@@H](N)Cc1ccccc1)C(=O)NCc1ccccc1)[N+](=O)[O-]. The number of carbonyl (C=O) groups is 2. The van der Waals surface area contributed by atoms with E-state index in [1.54, 1.807) is 0 Å². The van der Waals surface area contributed by atoms with Crippen LogP contribution in [0, 0.1) is 15.5 Å². The van der Waals surface area contributed by atoms with E-state index in [0.29, 0.717) is 11.4 Å². The van der Waals surface area contributed by atoms with Crippen LogP contribution < -0.4 is 22.1 Å². The predicted molar refractivity (Wildman–Crippen MR) is 123 cm³/mol. The lowest BCUT2D eigenvalue weighted by molar-refractivity contribution is -0.629. The molecule has 176 valence electrons. The predicted octanol–water partition coefficient (Wildman–Crippen LogP) is 0.525. The van der Waals surface area contributed by atoms with Gasteiger partial charge in [0.1, 0.15) is 6.04 Å². The van der Waals surface area contributed by atoms with Gasteiger partial charge in [-0.05, 0) is 30.4 Å². The normalized spacial score (nSPS) is 12.3. The second kappa shape index (κ2) is 12.8. The number of benzene rings is 2. The number of guanidine groups is 1. The molecule has 0 spiro atoms. The van der Waals surface area contributed by atoms with Gasteiger partial charge in [-0.25, -0.2) is 10.1 Å². The second-order valence-electron chi connectivity index (χ2n) is 7.45. The summed E-state index contributed by atoms with van der Waals surface area (Å²) < 4.78 is 0. The van der Waals surface area contributed by atoms with E-state index in [9.17, 15) is 19.7 Å². The van der Waals surface area contributed by atoms with Gasteiger partial charge in [-0.2, -0.15) is 0 Å². The number of amides is 2. The summed E-state index contributed by atoms with van der Waals surface area (Å²) in [5, 5.41) is 23.4. The van der Waals surface area contributed by atoms with Gasteiger partial charge in [0.25, 0.3) is 5.96 Å². The molecule has 11 nitrogen and oxygen atoms in total. The van der Waals surface area contributed by atoms with Gasteiger partial charge in [0.05, 0.1) is 12.6 Å². The molecule has 2 aromatic carbocycles. The molecule has 0 bridgehead atoms. The highest BCUT2D eigenvalue weighted by molar-refractivity contribution is 5.89. The molecule has 0 heterocycles. The molecule has 1 unspecified atom stereocenters. The largest absolute Gasteiger partial charge is 0.365 e. The first-order chi connectivity index (χ1) is 15.8. The molecule has 0 aliphatic heterocycles. The lowest BCUT2D eigenvalue weighted by Crippen LogP contribution is -2.52. The Labute approximate surface area is 191 Å². The van der Waals surface area contributed by atoms with E-state index in [-0.39, 0.29) is 25.9 Å². The fourth-order valence-electron chi connectivity index (χ4n) is 3.15. The summed E-state index contributed by atoms with van der Waals surface area (Å²) in [6.45, 7) is 0.0767. The van der Waals surface area contributed by atoms with E-state index in [0.717, 1.165) is 11.1 Å². The number of carbonyl (C=O) groups excluding carboxylic acids is 2. The zero-order chi connectivity index (χ0) is 24.2. The zero-order valence-corrected chi connectivity index (χ0v) is 18.1. The summed E-state index contributed by atoms with van der Waals surface area (Å²) in [7, 11) is 0. The summed E-state index contributed by atoms with van der Waals surface area (Å²) in [5.41, 5.74) is 13.0. The molecule has 0 saturated heterocycles. The zero-order valence-electron chi connectivity index (χ0n) is 18.1. The van der Waals surface area contributed by atoms with Crippen LogP contribution in [0.1, 0.15) is 24.0 Å². The Kier molecular flexibility index (Phi) is 9.78. The fraction of sp³-hybridized carbons (Fsp3) is 0.318. The maximum Gasteiger partial charge on any atom is 0.251 e. The highest BCUT2D eigenvalue weighted by Crippen LogP contribution is 2.06. The van der Waals surface area contributed by atoms with Crippen LogP contribution in [0.15, 0.2) is 60.7 Å². The average molecular weight is 456 g/mol. The van der Waals surface area contributed by atoms with Crippen LogP contribution in [0.3, 0.4) is 0 Å². The first-order valence-corrected chi connectivity index (χ1v) is 10.4. The van der Waals surface area contributed by atoms with E-state index < -0.39 is 34.9 Å². The molecule has 0 radical (unpaired) electrons. The molecule has 2 amide bonds. The van der Waals surface area contributed by atoms with Crippen LogP contribution >= 0.6 is 0 Å². The Hall–Kier alpha value is -3.99. The molecule has 33 heavy (non-hydrogen) atoms. The first-order valence-electron chi connectivity index (χ1n) is 10.4. The van der Waals surface area contributed by atoms with E-state index in [4.69, 9.17) is 16.9 Å². The minimum atomic E-state index is -0.955. The summed E-state index contributed by atoms with van der Waals surface area (Å²) in [6.07, 6.45) is 0.532. The van der Waals surface area contributed by atoms with Crippen molar-refractivity contribution in [2.75, 3.05) is 6.54 Å². The standard InChI is InChI=1S/C22H29N7O4/c23-18(14-16-8-3-1-4-9-16)20(30)27-19(12-7-13-28(22(24)25)29(32)33)21(31)26-15-17-10-5-2-6-11-17/h1-6,8-11,18-19H,7,12-15,23H2,(H3,24,25)(H,26,31)(H,27,30)/t18-,19?/m0/s1. The van der Waals surface area contributed by atoms with Crippen LogP contribution in [0.25, 0.3) is 0 Å². The minimum absolute atomic E-state index is 0.0992. The van der Waals surface area contributed by atoms with E-state index >= 15 is 0 Å². The van der Waals surface area contributed by atoms with Crippen LogP contribution in [0.4, 0.5) is 0 Å². The monoisotopic (exact) mass is 455 g/mol. The van der Waals surface area contributed by atoms with E-state index in [1.165, 1.54) is 0 Å². The molecule has 0 saturated carbocycles. The molecule has 0 aromatic heterocycles. The number of hydrogen-bond acceptors (Lipinski definition) is 6. The topological polar surface area (TPSA) is 180 Å². The van der Waals surface area contributed by atoms with E-state index in [1.807, 2.05) is 60.7 Å². The molecule has 11 heteroatoms. The maximum absolute atomic E-state index is 12.8. The second-order valence-corrected chi connectivity index (χ2v) is 7.45. The van der Waals surface area contributed by atoms with Gasteiger partial charge < -0.3 is 22.1 Å². The van der Waals surface area contributed by atoms with Crippen LogP contribution in [0.2, 0.25) is 0 Å². The molecule has 2 atom stereocenters. The third-order valence-electron chi connectivity index (χ3n) is 4.92. The van der Waals surface area contributed by atoms with Gasteiger partial charge in [-0.3, -0.25) is 15.0 Å². The number of nitrogens with one attached hydrogen (secondary N) is 3. The Morgan fingerprint density at radius 1 is 1.03 bits per heavy atom. The number of nitrogens with two attached hydrogens (primary N) is 2. The Bertz CT molecular complexity index is 926. The third kappa shape index (κ3) is 8.57. The van der Waals surface area contributed by atoms with Crippen molar-refractivity contribution >= 4 is 17.8 Å².